The van der Waals surface area contributed by atoms with Gasteiger partial charge in [-0.15, -0.1) is 0 Å². The molecule has 0 atom stereocenters. The van der Waals surface area contributed by atoms with Gasteiger partial charge in [-0.2, -0.15) is 0 Å². The van der Waals surface area contributed by atoms with Gasteiger partial charge in [-0.25, -0.2) is 0 Å². The Morgan fingerprint density at radius 2 is 1.67 bits per heavy atom. The second kappa shape index (κ2) is 9.54. The fourth-order valence-electron chi connectivity index (χ4n) is 3.04. The standard InChI is InChI=1S/C22H23ClN2O5/c1-5-25(22(26)14-6-8-16(23)9-7-14)13-17-12-18(30-24-17)15-10-19(27-2)21(29-4)20(11-15)28-3/h6-12H,5,13H2,1-4H3. The molecule has 0 radical (unpaired) electrons. The molecule has 2 aromatic carbocycles. The van der Waals surface area contributed by atoms with E-state index in [0.717, 1.165) is 5.56 Å². The second-order valence-electron chi connectivity index (χ2n) is 6.42. The van der Waals surface area contributed by atoms with Crippen molar-refractivity contribution in [3.63, 3.8) is 0 Å². The molecule has 0 spiro atoms. The summed E-state index contributed by atoms with van der Waals surface area (Å²) in [6, 6.07) is 12.2. The van der Waals surface area contributed by atoms with Gasteiger partial charge in [-0.1, -0.05) is 16.8 Å². The molecule has 0 fully saturated rings. The van der Waals surface area contributed by atoms with Crippen LogP contribution in [0.25, 0.3) is 11.3 Å². The molecule has 30 heavy (non-hydrogen) atoms. The van der Waals surface area contributed by atoms with E-state index in [-0.39, 0.29) is 5.91 Å². The topological polar surface area (TPSA) is 74.0 Å². The lowest BCUT2D eigenvalue weighted by molar-refractivity contribution is 0.0749. The summed E-state index contributed by atoms with van der Waals surface area (Å²) >= 11 is 5.91. The van der Waals surface area contributed by atoms with Crippen LogP contribution in [-0.2, 0) is 6.54 Å². The lowest BCUT2D eigenvalue weighted by atomic mass is 10.1. The lowest BCUT2D eigenvalue weighted by Crippen LogP contribution is -2.30. The number of carbonyl (C=O) groups excluding carboxylic acids is 1. The van der Waals surface area contributed by atoms with Gasteiger partial charge in [0.05, 0.1) is 27.9 Å². The number of rotatable bonds is 8. The van der Waals surface area contributed by atoms with Crippen LogP contribution in [0.2, 0.25) is 5.02 Å². The van der Waals surface area contributed by atoms with Crippen LogP contribution in [0.3, 0.4) is 0 Å². The minimum Gasteiger partial charge on any atom is -0.493 e. The third kappa shape index (κ3) is 4.52. The van der Waals surface area contributed by atoms with E-state index in [1.165, 1.54) is 0 Å². The largest absolute Gasteiger partial charge is 0.493 e. The van der Waals surface area contributed by atoms with Crippen molar-refractivity contribution >= 4 is 17.5 Å². The number of hydrogen-bond acceptors (Lipinski definition) is 6. The molecule has 0 bridgehead atoms. The Hall–Kier alpha value is -3.19. The first-order valence-electron chi connectivity index (χ1n) is 9.31. The SMILES string of the molecule is CCN(Cc1cc(-c2cc(OC)c(OC)c(OC)c2)on1)C(=O)c1ccc(Cl)cc1. The molecule has 0 aliphatic carbocycles. The van der Waals surface area contributed by atoms with Crippen molar-refractivity contribution in [2.24, 2.45) is 0 Å². The number of benzene rings is 2. The molecule has 0 aliphatic rings. The Kier molecular flexibility index (Phi) is 6.84. The molecule has 1 heterocycles. The smallest absolute Gasteiger partial charge is 0.254 e. The second-order valence-corrected chi connectivity index (χ2v) is 6.86. The summed E-state index contributed by atoms with van der Waals surface area (Å²) in [6.07, 6.45) is 0. The van der Waals surface area contributed by atoms with E-state index >= 15 is 0 Å². The Bertz CT molecular complexity index is 992. The number of ether oxygens (including phenoxy) is 3. The summed E-state index contributed by atoms with van der Waals surface area (Å²) in [4.78, 5) is 14.5. The fraction of sp³-hybridized carbons (Fsp3) is 0.273. The van der Waals surface area contributed by atoms with Crippen LogP contribution in [0.15, 0.2) is 47.0 Å². The number of nitrogens with zero attached hydrogens (tertiary/aromatic N) is 2. The molecule has 1 amide bonds. The zero-order valence-electron chi connectivity index (χ0n) is 17.3. The number of halogens is 1. The average Bonchev–Trinajstić information content (AvgIpc) is 3.25. The third-order valence-electron chi connectivity index (χ3n) is 4.62. The predicted molar refractivity (Wildman–Crippen MR) is 113 cm³/mol. The number of methoxy groups -OCH3 is 3. The van der Waals surface area contributed by atoms with Crippen molar-refractivity contribution in [3.8, 4) is 28.6 Å². The van der Waals surface area contributed by atoms with Crippen molar-refractivity contribution in [2.75, 3.05) is 27.9 Å². The molecule has 7 nitrogen and oxygen atoms in total. The molecule has 1 aromatic heterocycles. The maximum Gasteiger partial charge on any atom is 0.254 e. The number of aromatic nitrogens is 1. The first kappa shape index (κ1) is 21.5. The van der Waals surface area contributed by atoms with Crippen LogP contribution in [0.5, 0.6) is 17.2 Å². The van der Waals surface area contributed by atoms with Gasteiger partial charge in [0.1, 0.15) is 5.69 Å². The van der Waals surface area contributed by atoms with E-state index < -0.39 is 0 Å². The highest BCUT2D eigenvalue weighted by molar-refractivity contribution is 6.30. The molecule has 0 saturated heterocycles. The van der Waals surface area contributed by atoms with Crippen LogP contribution in [0, 0.1) is 0 Å². The Morgan fingerprint density at radius 3 is 2.20 bits per heavy atom. The van der Waals surface area contributed by atoms with Crippen molar-refractivity contribution in [1.29, 1.82) is 0 Å². The molecule has 8 heteroatoms. The molecule has 158 valence electrons. The first-order valence-corrected chi connectivity index (χ1v) is 9.69. The summed E-state index contributed by atoms with van der Waals surface area (Å²) < 4.78 is 21.6. The van der Waals surface area contributed by atoms with Gasteiger partial charge in [-0.3, -0.25) is 4.79 Å². The van der Waals surface area contributed by atoms with E-state index in [2.05, 4.69) is 5.16 Å². The van der Waals surface area contributed by atoms with Crippen LogP contribution in [0.1, 0.15) is 23.0 Å². The molecule has 0 saturated carbocycles. The molecule has 0 unspecified atom stereocenters. The number of carbonyl (C=O) groups is 1. The van der Waals surface area contributed by atoms with Crippen molar-refractivity contribution in [2.45, 2.75) is 13.5 Å². The van der Waals surface area contributed by atoms with Crippen LogP contribution >= 0.6 is 11.6 Å². The van der Waals surface area contributed by atoms with Crippen molar-refractivity contribution < 1.29 is 23.5 Å². The molecular weight excluding hydrogens is 408 g/mol. The summed E-state index contributed by atoms with van der Waals surface area (Å²) in [6.45, 7) is 2.74. The fourth-order valence-corrected chi connectivity index (χ4v) is 3.17. The van der Waals surface area contributed by atoms with Gasteiger partial charge in [0, 0.05) is 28.8 Å². The summed E-state index contributed by atoms with van der Waals surface area (Å²) in [7, 11) is 4.65. The van der Waals surface area contributed by atoms with Gasteiger partial charge >= 0.3 is 0 Å². The van der Waals surface area contributed by atoms with E-state index in [9.17, 15) is 4.79 Å². The normalized spacial score (nSPS) is 10.6. The average molecular weight is 431 g/mol. The van der Waals surface area contributed by atoms with Gasteiger partial charge in [-0.05, 0) is 43.3 Å². The zero-order valence-corrected chi connectivity index (χ0v) is 18.0. The maximum atomic E-state index is 12.8. The summed E-state index contributed by atoms with van der Waals surface area (Å²) in [5.74, 6) is 1.94. The molecule has 3 aromatic rings. The maximum absolute atomic E-state index is 12.8. The predicted octanol–water partition coefficient (Wildman–Crippen LogP) is 4.68. The lowest BCUT2D eigenvalue weighted by Gasteiger charge is -2.19. The van der Waals surface area contributed by atoms with Crippen LogP contribution in [0.4, 0.5) is 0 Å². The van der Waals surface area contributed by atoms with Crippen LogP contribution in [-0.4, -0.2) is 43.8 Å². The molecule has 3 rings (SSSR count). The minimum atomic E-state index is -0.105. The van der Waals surface area contributed by atoms with Gasteiger partial charge in [0.2, 0.25) is 5.75 Å². The molecule has 0 aliphatic heterocycles. The van der Waals surface area contributed by atoms with Gasteiger partial charge < -0.3 is 23.6 Å². The Labute approximate surface area is 180 Å². The van der Waals surface area contributed by atoms with E-state index in [1.54, 1.807) is 68.7 Å². The highest BCUT2D eigenvalue weighted by Crippen LogP contribution is 2.41. The van der Waals surface area contributed by atoms with Gasteiger partial charge in [0.15, 0.2) is 17.3 Å². The van der Waals surface area contributed by atoms with Crippen molar-refractivity contribution in [1.82, 2.24) is 10.1 Å². The third-order valence-corrected chi connectivity index (χ3v) is 4.87. The van der Waals surface area contributed by atoms with Crippen molar-refractivity contribution in [3.05, 3.63) is 58.7 Å². The molecular formula is C22H23ClN2O5. The minimum absolute atomic E-state index is 0.105. The van der Waals surface area contributed by atoms with E-state index in [4.69, 9.17) is 30.3 Å². The Balaban J connectivity index is 1.83. The van der Waals surface area contributed by atoms with E-state index in [1.807, 2.05) is 6.92 Å². The number of amides is 1. The van der Waals surface area contributed by atoms with Crippen LogP contribution < -0.4 is 14.2 Å². The summed E-state index contributed by atoms with van der Waals surface area (Å²) in [5, 5.41) is 4.71. The zero-order chi connectivity index (χ0) is 21.7. The van der Waals surface area contributed by atoms with Gasteiger partial charge in [0.25, 0.3) is 5.91 Å². The Morgan fingerprint density at radius 1 is 1.03 bits per heavy atom. The number of hydrogen-bond donors (Lipinski definition) is 0. The summed E-state index contributed by atoms with van der Waals surface area (Å²) in [5.41, 5.74) is 1.91. The first-order chi connectivity index (χ1) is 14.5. The monoisotopic (exact) mass is 430 g/mol. The quantitative estimate of drug-likeness (QED) is 0.516. The van der Waals surface area contributed by atoms with E-state index in [0.29, 0.717) is 52.4 Å². The molecule has 0 N–H and O–H groups in total. The highest BCUT2D eigenvalue weighted by atomic mass is 35.5. The highest BCUT2D eigenvalue weighted by Gasteiger charge is 2.19.